The predicted molar refractivity (Wildman–Crippen MR) is 89.9 cm³/mol. The molecule has 10 heteroatoms. The van der Waals surface area contributed by atoms with Crippen LogP contribution < -0.4 is 16.4 Å². The highest BCUT2D eigenvalue weighted by molar-refractivity contribution is 6.09. The minimum Gasteiger partial charge on any atom is -0.478 e. The van der Waals surface area contributed by atoms with Crippen molar-refractivity contribution in [2.45, 2.75) is 43.9 Å². The summed E-state index contributed by atoms with van der Waals surface area (Å²) in [6.07, 6.45) is -1.19. The van der Waals surface area contributed by atoms with Crippen molar-refractivity contribution in [2.24, 2.45) is 21.5 Å². The van der Waals surface area contributed by atoms with Crippen LogP contribution in [0, 0.1) is 0 Å². The Morgan fingerprint density at radius 3 is 2.42 bits per heavy atom. The van der Waals surface area contributed by atoms with E-state index in [1.807, 2.05) is 0 Å². The molecular weight excluding hydrogens is 351 g/mol. The molecule has 0 radical (unpaired) electrons. The van der Waals surface area contributed by atoms with E-state index in [9.17, 15) is 23.1 Å². The number of aliphatic imine (C=N–C) groups is 2. The maximum Gasteiger partial charge on any atom is 0.416 e. The molecule has 0 saturated heterocycles. The Morgan fingerprint density at radius 1 is 1.19 bits per heavy atom. The van der Waals surface area contributed by atoms with Gasteiger partial charge in [-0.2, -0.15) is 18.2 Å². The summed E-state index contributed by atoms with van der Waals surface area (Å²) in [5.74, 6) is -1.60. The zero-order valence-electron chi connectivity index (χ0n) is 13.8. The van der Waals surface area contributed by atoms with Crippen LogP contribution in [0.2, 0.25) is 0 Å². The topological polar surface area (TPSA) is 117 Å². The quantitative estimate of drug-likeness (QED) is 0.740. The van der Waals surface area contributed by atoms with Gasteiger partial charge in [0.1, 0.15) is 5.66 Å². The Hall–Kier alpha value is -2.78. The number of carboxylic acids is 1. The van der Waals surface area contributed by atoms with E-state index >= 15 is 0 Å². The van der Waals surface area contributed by atoms with E-state index < -0.39 is 23.4 Å². The average molecular weight is 369 g/mol. The molecule has 5 N–H and O–H groups in total. The van der Waals surface area contributed by atoms with Crippen LogP contribution in [0.4, 0.5) is 18.9 Å². The lowest BCUT2D eigenvalue weighted by molar-refractivity contribution is -0.137. The molecule has 0 bridgehead atoms. The van der Waals surface area contributed by atoms with E-state index in [1.165, 1.54) is 4.90 Å². The molecule has 1 saturated carbocycles. The zero-order chi connectivity index (χ0) is 19.1. The van der Waals surface area contributed by atoms with Gasteiger partial charge in [0, 0.05) is 0 Å². The first kappa shape index (κ1) is 18.0. The van der Waals surface area contributed by atoms with Crippen LogP contribution in [-0.2, 0) is 6.18 Å². The van der Waals surface area contributed by atoms with E-state index in [4.69, 9.17) is 11.5 Å². The van der Waals surface area contributed by atoms with Crippen LogP contribution in [0.1, 0.15) is 48.0 Å². The van der Waals surface area contributed by atoms with Crippen molar-refractivity contribution in [3.05, 3.63) is 29.3 Å². The standard InChI is InChI=1S/C16H18F3N5O2/c17-16(18,19)9-4-5-10(12(25)26)11(8-9)24-14(21)22-13(20)23-15(24)6-2-1-3-7-15/h4-5,8H,1-3,6-7H2,(H,25,26)(H4,20,21,22,23). The van der Waals surface area contributed by atoms with Crippen LogP contribution in [0.25, 0.3) is 0 Å². The molecule has 2 aliphatic rings. The highest BCUT2D eigenvalue weighted by Crippen LogP contribution is 2.42. The Balaban J connectivity index is 2.21. The monoisotopic (exact) mass is 369 g/mol. The number of rotatable bonds is 2. The van der Waals surface area contributed by atoms with Gasteiger partial charge < -0.3 is 16.6 Å². The van der Waals surface area contributed by atoms with Crippen molar-refractivity contribution < 1.29 is 23.1 Å². The summed E-state index contributed by atoms with van der Waals surface area (Å²) in [5, 5.41) is 9.47. The van der Waals surface area contributed by atoms with Crippen molar-refractivity contribution in [1.29, 1.82) is 0 Å². The normalized spacial score (nSPS) is 19.9. The molecule has 1 aliphatic heterocycles. The van der Waals surface area contributed by atoms with Gasteiger partial charge in [-0.05, 0) is 43.9 Å². The van der Waals surface area contributed by atoms with Gasteiger partial charge in [-0.3, -0.25) is 4.90 Å². The van der Waals surface area contributed by atoms with Crippen molar-refractivity contribution >= 4 is 23.6 Å². The summed E-state index contributed by atoms with van der Waals surface area (Å²) in [5.41, 5.74) is 9.21. The number of anilines is 1. The molecule has 140 valence electrons. The number of alkyl halides is 3. The highest BCUT2D eigenvalue weighted by atomic mass is 19.4. The van der Waals surface area contributed by atoms with E-state index in [0.717, 1.165) is 37.5 Å². The largest absolute Gasteiger partial charge is 0.478 e. The van der Waals surface area contributed by atoms with Crippen LogP contribution in [0.3, 0.4) is 0 Å². The average Bonchev–Trinajstić information content (AvgIpc) is 2.53. The minimum absolute atomic E-state index is 0.0653. The Labute approximate surface area is 147 Å². The molecule has 1 aromatic carbocycles. The summed E-state index contributed by atoms with van der Waals surface area (Å²) in [6.45, 7) is 0. The fourth-order valence-electron chi connectivity index (χ4n) is 3.54. The summed E-state index contributed by atoms with van der Waals surface area (Å²) >= 11 is 0. The van der Waals surface area contributed by atoms with E-state index in [1.54, 1.807) is 0 Å². The molecule has 0 atom stereocenters. The number of halogens is 3. The van der Waals surface area contributed by atoms with Crippen LogP contribution >= 0.6 is 0 Å². The molecule has 1 fully saturated rings. The van der Waals surface area contributed by atoms with Gasteiger partial charge in [0.05, 0.1) is 16.8 Å². The summed E-state index contributed by atoms with van der Waals surface area (Å²) in [7, 11) is 0. The maximum atomic E-state index is 13.2. The Kier molecular flexibility index (Phi) is 4.29. The highest BCUT2D eigenvalue weighted by Gasteiger charge is 2.44. The molecule has 1 spiro atoms. The van der Waals surface area contributed by atoms with E-state index in [2.05, 4.69) is 9.98 Å². The molecule has 1 heterocycles. The Morgan fingerprint density at radius 2 is 1.85 bits per heavy atom. The second-order valence-electron chi connectivity index (χ2n) is 6.35. The fourth-order valence-corrected chi connectivity index (χ4v) is 3.54. The number of benzene rings is 1. The second kappa shape index (κ2) is 6.19. The molecular formula is C16H18F3N5O2. The van der Waals surface area contributed by atoms with Gasteiger partial charge in [-0.15, -0.1) is 0 Å². The first-order valence-corrected chi connectivity index (χ1v) is 8.08. The van der Waals surface area contributed by atoms with Gasteiger partial charge >= 0.3 is 12.1 Å². The number of nitrogens with two attached hydrogens (primary N) is 2. The summed E-state index contributed by atoms with van der Waals surface area (Å²) in [4.78, 5) is 21.1. The SMILES string of the molecule is NC1=NC2(CCCCC2)N(c2cc(C(F)(F)F)ccc2C(=O)O)C(N)=N1. The van der Waals surface area contributed by atoms with E-state index in [0.29, 0.717) is 12.8 Å². The number of hydrogen-bond acceptors (Lipinski definition) is 6. The molecule has 0 unspecified atom stereocenters. The lowest BCUT2D eigenvalue weighted by atomic mass is 9.86. The smallest absolute Gasteiger partial charge is 0.416 e. The summed E-state index contributed by atoms with van der Waals surface area (Å²) < 4.78 is 39.6. The molecule has 3 rings (SSSR count). The predicted octanol–water partition coefficient (Wildman–Crippen LogP) is 2.51. The molecule has 0 aromatic heterocycles. The third-order valence-electron chi connectivity index (χ3n) is 4.65. The van der Waals surface area contributed by atoms with Gasteiger partial charge in [0.25, 0.3) is 0 Å². The molecule has 1 aromatic rings. The lowest BCUT2D eigenvalue weighted by Gasteiger charge is -2.46. The number of carbonyl (C=O) groups is 1. The van der Waals surface area contributed by atoms with Crippen LogP contribution in [0.5, 0.6) is 0 Å². The van der Waals surface area contributed by atoms with Crippen LogP contribution in [-0.4, -0.2) is 28.7 Å². The third kappa shape index (κ3) is 3.06. The van der Waals surface area contributed by atoms with Crippen LogP contribution in [0.15, 0.2) is 28.2 Å². The van der Waals surface area contributed by atoms with Gasteiger partial charge in [-0.1, -0.05) is 6.42 Å². The number of hydrogen-bond donors (Lipinski definition) is 3. The number of aromatic carboxylic acids is 1. The minimum atomic E-state index is -4.63. The fraction of sp³-hybridized carbons (Fsp3) is 0.438. The number of carboxylic acid groups (broad SMARTS) is 1. The van der Waals surface area contributed by atoms with Crippen molar-refractivity contribution in [2.75, 3.05) is 4.90 Å². The van der Waals surface area contributed by atoms with E-state index in [-0.39, 0.29) is 23.2 Å². The third-order valence-corrected chi connectivity index (χ3v) is 4.65. The van der Waals surface area contributed by atoms with Gasteiger partial charge in [-0.25, -0.2) is 9.79 Å². The van der Waals surface area contributed by atoms with Crippen molar-refractivity contribution in [1.82, 2.24) is 0 Å². The Bertz CT molecular complexity index is 798. The van der Waals surface area contributed by atoms with Gasteiger partial charge in [0.15, 0.2) is 0 Å². The van der Waals surface area contributed by atoms with Crippen molar-refractivity contribution in [3.8, 4) is 0 Å². The lowest BCUT2D eigenvalue weighted by Crippen LogP contribution is -2.58. The number of nitrogens with zero attached hydrogens (tertiary/aromatic N) is 3. The zero-order valence-corrected chi connectivity index (χ0v) is 13.8. The second-order valence-corrected chi connectivity index (χ2v) is 6.35. The summed E-state index contributed by atoms with van der Waals surface area (Å²) in [6, 6.07) is 2.43. The van der Waals surface area contributed by atoms with Crippen molar-refractivity contribution in [3.63, 3.8) is 0 Å². The number of guanidine groups is 2. The molecule has 1 aliphatic carbocycles. The van der Waals surface area contributed by atoms with Gasteiger partial charge in [0.2, 0.25) is 11.9 Å². The molecule has 7 nitrogen and oxygen atoms in total. The maximum absolute atomic E-state index is 13.2. The first-order valence-electron chi connectivity index (χ1n) is 8.08. The molecule has 26 heavy (non-hydrogen) atoms. The molecule has 0 amide bonds. The first-order chi connectivity index (χ1) is 12.1.